The predicted octanol–water partition coefficient (Wildman–Crippen LogP) is 3.49. The van der Waals surface area contributed by atoms with Crippen LogP contribution in [0.25, 0.3) is 0 Å². The van der Waals surface area contributed by atoms with Crippen LogP contribution in [0, 0.1) is 11.8 Å². The fraction of sp³-hybridized carbons (Fsp3) is 0.655. The SMILES string of the molecule is CCN(CC)c1ccc(C(=O)NC(CC(C)C)C(=O)N2CCC3C2C(=O)CN3C(=O)CCC(C)C)cc1. The average molecular weight is 513 g/mol. The summed E-state index contributed by atoms with van der Waals surface area (Å²) in [5, 5.41) is 2.94. The number of amides is 3. The number of fused-ring (bicyclic) bond motifs is 1. The third-order valence-corrected chi connectivity index (χ3v) is 7.53. The van der Waals surface area contributed by atoms with Gasteiger partial charge in [0.25, 0.3) is 5.91 Å². The Morgan fingerprint density at radius 2 is 1.65 bits per heavy atom. The zero-order chi connectivity index (χ0) is 27.3. The smallest absolute Gasteiger partial charge is 0.251 e. The van der Waals surface area contributed by atoms with Crippen molar-refractivity contribution in [1.82, 2.24) is 15.1 Å². The largest absolute Gasteiger partial charge is 0.372 e. The number of nitrogens with zero attached hydrogens (tertiary/aromatic N) is 3. The Morgan fingerprint density at radius 3 is 2.22 bits per heavy atom. The number of likely N-dealkylation sites (tertiary alicyclic amines) is 2. The Kier molecular flexibility index (Phi) is 9.74. The predicted molar refractivity (Wildman–Crippen MR) is 145 cm³/mol. The Balaban J connectivity index is 1.72. The fourth-order valence-corrected chi connectivity index (χ4v) is 5.49. The van der Waals surface area contributed by atoms with Crippen molar-refractivity contribution in [3.63, 3.8) is 0 Å². The highest BCUT2D eigenvalue weighted by atomic mass is 16.2. The highest BCUT2D eigenvalue weighted by molar-refractivity contribution is 6.01. The summed E-state index contributed by atoms with van der Waals surface area (Å²) in [4.78, 5) is 58.1. The number of carbonyl (C=O) groups is 4. The third-order valence-electron chi connectivity index (χ3n) is 7.53. The van der Waals surface area contributed by atoms with Crippen LogP contribution in [0.2, 0.25) is 0 Å². The summed E-state index contributed by atoms with van der Waals surface area (Å²) in [5.41, 5.74) is 1.54. The van der Waals surface area contributed by atoms with Crippen molar-refractivity contribution in [3.8, 4) is 0 Å². The molecule has 2 heterocycles. The van der Waals surface area contributed by atoms with Crippen LogP contribution < -0.4 is 10.2 Å². The molecule has 2 aliphatic heterocycles. The highest BCUT2D eigenvalue weighted by Gasteiger charge is 2.52. The third kappa shape index (κ3) is 6.70. The Labute approximate surface area is 221 Å². The molecule has 37 heavy (non-hydrogen) atoms. The fourth-order valence-electron chi connectivity index (χ4n) is 5.49. The molecular formula is C29H44N4O4. The van der Waals surface area contributed by atoms with E-state index in [0.717, 1.165) is 25.2 Å². The van der Waals surface area contributed by atoms with Gasteiger partial charge in [-0.25, -0.2) is 0 Å². The van der Waals surface area contributed by atoms with Gasteiger partial charge in [0, 0.05) is 37.3 Å². The number of Topliss-reactive ketones (excluding diaryl/α,β-unsaturated/α-hetero) is 1. The number of nitrogens with one attached hydrogen (secondary N) is 1. The lowest BCUT2D eigenvalue weighted by Gasteiger charge is -2.29. The lowest BCUT2D eigenvalue weighted by Crippen LogP contribution is -2.53. The van der Waals surface area contributed by atoms with Crippen LogP contribution in [-0.4, -0.2) is 77.6 Å². The Bertz CT molecular complexity index is 971. The normalized spacial score (nSPS) is 19.9. The molecule has 0 aliphatic carbocycles. The molecule has 0 bridgehead atoms. The first-order chi connectivity index (χ1) is 17.6. The number of rotatable bonds is 11. The first-order valence-electron chi connectivity index (χ1n) is 13.9. The molecule has 3 rings (SSSR count). The standard InChI is InChI=1S/C29H44N4O4/c1-7-31(8-2)22-12-10-21(11-13-22)28(36)30-23(17-20(5)6)29(37)32-16-15-24-27(32)25(34)18-33(24)26(35)14-9-19(3)4/h10-13,19-20,23-24,27H,7-9,14-18H2,1-6H3,(H,30,36). The molecule has 2 saturated heterocycles. The van der Waals surface area contributed by atoms with Crippen LogP contribution in [-0.2, 0) is 14.4 Å². The molecule has 3 atom stereocenters. The molecule has 3 unspecified atom stereocenters. The maximum absolute atomic E-state index is 13.7. The van der Waals surface area contributed by atoms with E-state index < -0.39 is 12.1 Å². The molecule has 1 aromatic rings. The van der Waals surface area contributed by atoms with Crippen molar-refractivity contribution in [2.45, 2.75) is 85.4 Å². The number of ketones is 1. The zero-order valence-electron chi connectivity index (χ0n) is 23.3. The molecule has 2 fully saturated rings. The van der Waals surface area contributed by atoms with Crippen molar-refractivity contribution < 1.29 is 19.2 Å². The van der Waals surface area contributed by atoms with Crippen molar-refractivity contribution in [1.29, 1.82) is 0 Å². The first kappa shape index (κ1) is 28.7. The van der Waals surface area contributed by atoms with Gasteiger partial charge in [0.15, 0.2) is 5.78 Å². The molecule has 0 spiro atoms. The van der Waals surface area contributed by atoms with E-state index in [1.165, 1.54) is 0 Å². The van der Waals surface area contributed by atoms with E-state index in [9.17, 15) is 19.2 Å². The maximum Gasteiger partial charge on any atom is 0.251 e. The molecule has 1 N–H and O–H groups in total. The van der Waals surface area contributed by atoms with E-state index in [1.807, 2.05) is 26.0 Å². The van der Waals surface area contributed by atoms with E-state index in [4.69, 9.17) is 0 Å². The molecule has 8 nitrogen and oxygen atoms in total. The highest BCUT2D eigenvalue weighted by Crippen LogP contribution is 2.31. The minimum absolute atomic E-state index is 0.0101. The van der Waals surface area contributed by atoms with Gasteiger partial charge in [-0.3, -0.25) is 19.2 Å². The second kappa shape index (κ2) is 12.6. The number of hydrogen-bond acceptors (Lipinski definition) is 5. The van der Waals surface area contributed by atoms with Gasteiger partial charge >= 0.3 is 0 Å². The topological polar surface area (TPSA) is 90.0 Å². The number of benzene rings is 1. The molecule has 0 radical (unpaired) electrons. The van der Waals surface area contributed by atoms with Crippen LogP contribution in [0.3, 0.4) is 0 Å². The number of hydrogen-bond donors (Lipinski definition) is 1. The summed E-state index contributed by atoms with van der Waals surface area (Å²) in [6.07, 6.45) is 2.26. The van der Waals surface area contributed by atoms with Gasteiger partial charge in [0.2, 0.25) is 11.8 Å². The van der Waals surface area contributed by atoms with Crippen LogP contribution in [0.15, 0.2) is 24.3 Å². The van der Waals surface area contributed by atoms with Crippen molar-refractivity contribution in [2.24, 2.45) is 11.8 Å². The molecule has 1 aromatic carbocycles. The monoisotopic (exact) mass is 512 g/mol. The quantitative estimate of drug-likeness (QED) is 0.490. The van der Waals surface area contributed by atoms with Crippen LogP contribution in [0.4, 0.5) is 5.69 Å². The summed E-state index contributed by atoms with van der Waals surface area (Å²) in [6, 6.07) is 5.81. The summed E-state index contributed by atoms with van der Waals surface area (Å²) < 4.78 is 0. The number of anilines is 1. The van der Waals surface area contributed by atoms with Crippen LogP contribution >= 0.6 is 0 Å². The van der Waals surface area contributed by atoms with Crippen molar-refractivity contribution >= 4 is 29.2 Å². The minimum Gasteiger partial charge on any atom is -0.372 e. The average Bonchev–Trinajstić information content (AvgIpc) is 3.44. The van der Waals surface area contributed by atoms with E-state index in [2.05, 4.69) is 37.9 Å². The van der Waals surface area contributed by atoms with E-state index in [-0.39, 0.29) is 42.0 Å². The van der Waals surface area contributed by atoms with Crippen LogP contribution in [0.5, 0.6) is 0 Å². The molecule has 2 aliphatic rings. The van der Waals surface area contributed by atoms with Gasteiger partial charge in [-0.1, -0.05) is 27.7 Å². The maximum atomic E-state index is 13.7. The summed E-state index contributed by atoms with van der Waals surface area (Å²) >= 11 is 0. The lowest BCUT2D eigenvalue weighted by atomic mass is 10.0. The van der Waals surface area contributed by atoms with Gasteiger partial charge < -0.3 is 20.0 Å². The lowest BCUT2D eigenvalue weighted by molar-refractivity contribution is -0.138. The Morgan fingerprint density at radius 1 is 1.00 bits per heavy atom. The van der Waals surface area contributed by atoms with Gasteiger partial charge in [0.05, 0.1) is 12.6 Å². The molecule has 3 amide bonds. The van der Waals surface area contributed by atoms with Gasteiger partial charge in [0.1, 0.15) is 12.1 Å². The van der Waals surface area contributed by atoms with Crippen molar-refractivity contribution in [3.05, 3.63) is 29.8 Å². The first-order valence-corrected chi connectivity index (χ1v) is 13.9. The molecule has 8 heteroatoms. The van der Waals surface area contributed by atoms with Crippen molar-refractivity contribution in [2.75, 3.05) is 31.1 Å². The second-order valence-electron chi connectivity index (χ2n) is 11.1. The number of carbonyl (C=O) groups excluding carboxylic acids is 4. The molecule has 204 valence electrons. The van der Waals surface area contributed by atoms with Crippen LogP contribution in [0.1, 0.15) is 77.6 Å². The summed E-state index contributed by atoms with van der Waals surface area (Å²) in [7, 11) is 0. The molecular weight excluding hydrogens is 468 g/mol. The second-order valence-corrected chi connectivity index (χ2v) is 11.1. The molecule has 0 saturated carbocycles. The summed E-state index contributed by atoms with van der Waals surface area (Å²) in [6.45, 7) is 14.6. The van der Waals surface area contributed by atoms with E-state index in [1.54, 1.807) is 21.9 Å². The van der Waals surface area contributed by atoms with Gasteiger partial charge in [-0.05, 0) is 69.2 Å². The minimum atomic E-state index is -0.729. The molecule has 0 aromatic heterocycles. The van der Waals surface area contributed by atoms with Gasteiger partial charge in [-0.2, -0.15) is 0 Å². The Hall–Kier alpha value is -2.90. The van der Waals surface area contributed by atoms with E-state index in [0.29, 0.717) is 37.3 Å². The van der Waals surface area contributed by atoms with Gasteiger partial charge in [-0.15, -0.1) is 0 Å². The summed E-state index contributed by atoms with van der Waals surface area (Å²) in [5.74, 6) is -0.0535. The zero-order valence-corrected chi connectivity index (χ0v) is 23.3. The van der Waals surface area contributed by atoms with E-state index >= 15 is 0 Å².